The zero-order valence-electron chi connectivity index (χ0n) is 15.5. The van der Waals surface area contributed by atoms with Gasteiger partial charge >= 0.3 is 0 Å². The van der Waals surface area contributed by atoms with E-state index in [-0.39, 0.29) is 4.90 Å². The fourth-order valence-corrected chi connectivity index (χ4v) is 3.59. The fourth-order valence-electron chi connectivity index (χ4n) is 2.14. The van der Waals surface area contributed by atoms with Gasteiger partial charge in [0.2, 0.25) is 5.91 Å². The molecule has 0 aliphatic rings. The lowest BCUT2D eigenvalue weighted by Crippen LogP contribution is -2.46. The molecule has 0 heterocycles. The molecule has 0 saturated carbocycles. The van der Waals surface area contributed by atoms with E-state index in [1.807, 2.05) is 0 Å². The van der Waals surface area contributed by atoms with Crippen LogP contribution in [0.5, 0.6) is 0 Å². The van der Waals surface area contributed by atoms with Gasteiger partial charge in [-0.3, -0.25) is 4.79 Å². The molecule has 136 valence electrons. The highest BCUT2D eigenvalue weighted by Crippen LogP contribution is 2.25. The summed E-state index contributed by atoms with van der Waals surface area (Å²) in [5.41, 5.74) is 2.76. The topological polar surface area (TPSA) is 63.2 Å². The quantitative estimate of drug-likeness (QED) is 0.906. The Morgan fingerprint density at radius 2 is 1.52 bits per heavy atom. The second-order valence-electron chi connectivity index (χ2n) is 6.25. The first-order valence-corrected chi connectivity index (χ1v) is 9.72. The molecule has 0 saturated heterocycles. The Hall–Kier alpha value is -2.14. The zero-order chi connectivity index (χ0) is 19.1. The minimum absolute atomic E-state index is 0.156. The van der Waals surface area contributed by atoms with Crippen molar-refractivity contribution in [3.05, 3.63) is 65.7 Å². The van der Waals surface area contributed by atoms with Crippen LogP contribution in [0.1, 0.15) is 31.9 Å². The van der Waals surface area contributed by atoms with Crippen molar-refractivity contribution in [1.29, 1.82) is 0 Å². The molecule has 1 amide bonds. The van der Waals surface area contributed by atoms with Crippen molar-refractivity contribution in [3.8, 4) is 0 Å². The number of hydrogen-bond donors (Lipinski definition) is 1. The second-order valence-corrected chi connectivity index (χ2v) is 8.74. The highest BCUT2D eigenvalue weighted by Gasteiger charge is 2.42. The molecular formula is C20H27NO3S. The van der Waals surface area contributed by atoms with Crippen molar-refractivity contribution < 1.29 is 13.2 Å². The van der Waals surface area contributed by atoms with E-state index in [1.54, 1.807) is 18.2 Å². The maximum Gasteiger partial charge on any atom is 0.241 e. The summed E-state index contributed by atoms with van der Waals surface area (Å²) < 4.78 is 22.9. The van der Waals surface area contributed by atoms with E-state index in [1.165, 1.54) is 44.2 Å². The molecule has 0 unspecified atom stereocenters. The first-order chi connectivity index (χ1) is 11.7. The average molecular weight is 362 g/mol. The number of carbonyl (C=O) groups excluding carboxylic acids is 1. The van der Waals surface area contributed by atoms with Crippen LogP contribution >= 0.6 is 0 Å². The lowest BCUT2D eigenvalue weighted by molar-refractivity contribution is -0.122. The third kappa shape index (κ3) is 5.16. The van der Waals surface area contributed by atoms with Gasteiger partial charge in [-0.15, -0.1) is 0 Å². The van der Waals surface area contributed by atoms with E-state index >= 15 is 0 Å². The molecule has 2 aromatic carbocycles. The van der Waals surface area contributed by atoms with E-state index < -0.39 is 20.5 Å². The predicted octanol–water partition coefficient (Wildman–Crippen LogP) is 3.54. The number of hydrogen-bond acceptors (Lipinski definition) is 3. The smallest absolute Gasteiger partial charge is 0.241 e. The molecule has 0 aromatic heterocycles. The van der Waals surface area contributed by atoms with Gasteiger partial charge in [-0.25, -0.2) is 8.42 Å². The third-order valence-corrected chi connectivity index (χ3v) is 6.45. The van der Waals surface area contributed by atoms with Crippen molar-refractivity contribution in [2.24, 2.45) is 0 Å². The van der Waals surface area contributed by atoms with Crippen molar-refractivity contribution in [2.45, 2.75) is 43.8 Å². The first-order valence-electron chi connectivity index (χ1n) is 8.24. The molecular weight excluding hydrogens is 334 g/mol. The number of rotatable bonds is 4. The molecule has 0 aliphatic heterocycles. The minimum atomic E-state index is -3.66. The van der Waals surface area contributed by atoms with Gasteiger partial charge in [0.15, 0.2) is 9.84 Å². The molecule has 0 spiro atoms. The van der Waals surface area contributed by atoms with Crippen molar-refractivity contribution in [1.82, 2.24) is 5.32 Å². The van der Waals surface area contributed by atoms with Gasteiger partial charge in [0, 0.05) is 7.05 Å². The Morgan fingerprint density at radius 1 is 1.00 bits per heavy atom. The number of nitrogens with one attached hydrogen (secondary N) is 1. The molecule has 4 nitrogen and oxygen atoms in total. The molecule has 1 N–H and O–H groups in total. The lowest BCUT2D eigenvalue weighted by Gasteiger charge is -2.22. The van der Waals surface area contributed by atoms with Gasteiger partial charge in [0.25, 0.3) is 0 Å². The van der Waals surface area contributed by atoms with Crippen LogP contribution < -0.4 is 5.32 Å². The van der Waals surface area contributed by atoms with Crippen LogP contribution in [0.25, 0.3) is 0 Å². The molecule has 0 atom stereocenters. The fraction of sp³-hybridized carbons (Fsp3) is 0.350. The summed E-state index contributed by atoms with van der Waals surface area (Å²) >= 11 is 0. The van der Waals surface area contributed by atoms with Crippen LogP contribution in [0.15, 0.2) is 59.5 Å². The predicted molar refractivity (Wildman–Crippen MR) is 102 cm³/mol. The summed E-state index contributed by atoms with van der Waals surface area (Å²) in [6.07, 6.45) is 1.14. The summed E-state index contributed by atoms with van der Waals surface area (Å²) in [5.74, 6) is -0.517. The van der Waals surface area contributed by atoms with E-state index in [4.69, 9.17) is 0 Å². The summed E-state index contributed by atoms with van der Waals surface area (Å²) in [6, 6.07) is 16.6. The Morgan fingerprint density at radius 3 is 1.96 bits per heavy atom. The SMILES string of the molecule is CCc1ccc(C)cc1.CNC(=O)C(C)(C)S(=O)(=O)c1ccccc1. The molecule has 0 aliphatic carbocycles. The van der Waals surface area contributed by atoms with Crippen molar-refractivity contribution >= 4 is 15.7 Å². The van der Waals surface area contributed by atoms with Crippen LogP contribution in [-0.4, -0.2) is 26.1 Å². The highest BCUT2D eigenvalue weighted by molar-refractivity contribution is 7.93. The number of sulfone groups is 1. The Kier molecular flexibility index (Phi) is 7.37. The average Bonchev–Trinajstić information content (AvgIpc) is 2.62. The number of amides is 1. The van der Waals surface area contributed by atoms with Gasteiger partial charge in [0.1, 0.15) is 4.75 Å². The zero-order valence-corrected chi connectivity index (χ0v) is 16.4. The summed E-state index contributed by atoms with van der Waals surface area (Å²) in [7, 11) is -2.24. The summed E-state index contributed by atoms with van der Waals surface area (Å²) in [5, 5.41) is 2.36. The van der Waals surface area contributed by atoms with Crippen LogP contribution in [0.3, 0.4) is 0 Å². The molecule has 2 aromatic rings. The monoisotopic (exact) mass is 361 g/mol. The Balaban J connectivity index is 0.000000293. The van der Waals surface area contributed by atoms with Crippen LogP contribution in [0, 0.1) is 6.92 Å². The van der Waals surface area contributed by atoms with Crippen molar-refractivity contribution in [2.75, 3.05) is 7.05 Å². The molecule has 0 fully saturated rings. The molecule has 0 bridgehead atoms. The van der Waals surface area contributed by atoms with E-state index in [9.17, 15) is 13.2 Å². The van der Waals surface area contributed by atoms with E-state index in [0.29, 0.717) is 0 Å². The van der Waals surface area contributed by atoms with E-state index in [0.717, 1.165) is 6.42 Å². The van der Waals surface area contributed by atoms with Crippen molar-refractivity contribution in [3.63, 3.8) is 0 Å². The number of aryl methyl sites for hydroxylation is 2. The maximum atomic E-state index is 12.2. The minimum Gasteiger partial charge on any atom is -0.358 e. The summed E-state index contributed by atoms with van der Waals surface area (Å²) in [6.45, 7) is 7.08. The first kappa shape index (κ1) is 20.9. The van der Waals surface area contributed by atoms with E-state index in [2.05, 4.69) is 43.4 Å². The van der Waals surface area contributed by atoms with Crippen LogP contribution in [-0.2, 0) is 21.1 Å². The van der Waals surface area contributed by atoms with Gasteiger partial charge in [-0.05, 0) is 44.9 Å². The number of carbonyl (C=O) groups is 1. The molecule has 25 heavy (non-hydrogen) atoms. The standard InChI is InChI=1S/C11H15NO3S.C9H12/c1-11(2,10(13)12-3)16(14,15)9-7-5-4-6-8-9;1-3-9-6-4-8(2)5-7-9/h4-8H,1-3H3,(H,12,13);4-7H,3H2,1-2H3. The third-order valence-electron chi connectivity index (χ3n) is 4.03. The lowest BCUT2D eigenvalue weighted by atomic mass is 10.1. The highest BCUT2D eigenvalue weighted by atomic mass is 32.2. The van der Waals surface area contributed by atoms with Gasteiger partial charge in [0.05, 0.1) is 4.90 Å². The largest absolute Gasteiger partial charge is 0.358 e. The van der Waals surface area contributed by atoms with Crippen LogP contribution in [0.2, 0.25) is 0 Å². The normalized spacial score (nSPS) is 11.2. The molecule has 2 rings (SSSR count). The summed E-state index contributed by atoms with van der Waals surface area (Å²) in [4.78, 5) is 11.7. The Labute approximate surface area is 151 Å². The van der Waals surface area contributed by atoms with Gasteiger partial charge in [-0.2, -0.15) is 0 Å². The van der Waals surface area contributed by atoms with Gasteiger partial charge < -0.3 is 5.32 Å². The second kappa shape index (κ2) is 8.81. The van der Waals surface area contributed by atoms with Crippen LogP contribution in [0.4, 0.5) is 0 Å². The van der Waals surface area contributed by atoms with Gasteiger partial charge in [-0.1, -0.05) is 55.0 Å². The Bertz CT molecular complexity index is 779. The molecule has 0 radical (unpaired) electrons. The number of benzene rings is 2. The maximum absolute atomic E-state index is 12.2. The molecule has 5 heteroatoms.